The fourth-order valence-corrected chi connectivity index (χ4v) is 3.50. The van der Waals surface area contributed by atoms with Crippen molar-refractivity contribution in [1.82, 2.24) is 0 Å². The molecule has 0 spiro atoms. The zero-order valence-electron chi connectivity index (χ0n) is 11.0. The zero-order valence-corrected chi connectivity index (χ0v) is 11.0. The molecule has 2 N–H and O–H groups in total. The van der Waals surface area contributed by atoms with Crippen LogP contribution in [0, 0.1) is 5.92 Å². The Kier molecular flexibility index (Phi) is 3.55. The molecule has 1 aliphatic heterocycles. The first kappa shape index (κ1) is 12.0. The number of benzene rings is 1. The molecule has 0 amide bonds. The van der Waals surface area contributed by atoms with E-state index in [1.807, 2.05) is 0 Å². The molecule has 2 aliphatic rings. The van der Waals surface area contributed by atoms with Crippen LogP contribution in [0.25, 0.3) is 0 Å². The number of hydrogen-bond acceptors (Lipinski definition) is 2. The fourth-order valence-electron chi connectivity index (χ4n) is 3.50. The number of rotatable bonds is 2. The van der Waals surface area contributed by atoms with Crippen molar-refractivity contribution in [2.24, 2.45) is 11.7 Å². The topological polar surface area (TPSA) is 35.2 Å². The van der Waals surface area contributed by atoms with Crippen LogP contribution in [0.15, 0.2) is 24.3 Å². The van der Waals surface area contributed by atoms with Gasteiger partial charge in [-0.1, -0.05) is 37.5 Å². The third-order valence-electron chi connectivity index (χ3n) is 4.60. The van der Waals surface area contributed by atoms with Gasteiger partial charge in [-0.2, -0.15) is 0 Å². The van der Waals surface area contributed by atoms with E-state index < -0.39 is 0 Å². The van der Waals surface area contributed by atoms with Crippen molar-refractivity contribution < 1.29 is 4.74 Å². The molecular weight excluding hydrogens is 222 g/mol. The van der Waals surface area contributed by atoms with E-state index >= 15 is 0 Å². The minimum atomic E-state index is 0.403. The van der Waals surface area contributed by atoms with Crippen molar-refractivity contribution in [2.75, 3.05) is 6.61 Å². The van der Waals surface area contributed by atoms with Crippen LogP contribution in [0.4, 0.5) is 0 Å². The second kappa shape index (κ2) is 5.31. The van der Waals surface area contributed by atoms with Crippen LogP contribution in [-0.4, -0.2) is 12.6 Å². The van der Waals surface area contributed by atoms with Crippen LogP contribution in [-0.2, 0) is 0 Å². The summed E-state index contributed by atoms with van der Waals surface area (Å²) in [7, 11) is 0. The number of hydrogen-bond donors (Lipinski definition) is 1. The summed E-state index contributed by atoms with van der Waals surface area (Å²) in [6, 6.07) is 8.88. The largest absolute Gasteiger partial charge is 0.493 e. The minimum absolute atomic E-state index is 0.403. The summed E-state index contributed by atoms with van der Waals surface area (Å²) in [5.74, 6) is 2.34. The first-order chi connectivity index (χ1) is 8.84. The highest BCUT2D eigenvalue weighted by molar-refractivity contribution is 5.39. The first-order valence-electron chi connectivity index (χ1n) is 7.32. The average Bonchev–Trinajstić information content (AvgIpc) is 2.69. The molecule has 18 heavy (non-hydrogen) atoms. The molecule has 1 aliphatic carbocycles. The quantitative estimate of drug-likeness (QED) is 0.810. The maximum absolute atomic E-state index is 6.34. The van der Waals surface area contributed by atoms with Crippen LogP contribution < -0.4 is 10.5 Å². The smallest absolute Gasteiger partial charge is 0.122 e. The number of fused-ring (bicyclic) bond motifs is 1. The van der Waals surface area contributed by atoms with Gasteiger partial charge in [0.1, 0.15) is 5.75 Å². The normalized spacial score (nSPS) is 31.5. The highest BCUT2D eigenvalue weighted by atomic mass is 16.5. The summed E-state index contributed by atoms with van der Waals surface area (Å²) in [5, 5.41) is 0. The van der Waals surface area contributed by atoms with Crippen LogP contribution >= 0.6 is 0 Å². The van der Waals surface area contributed by atoms with Gasteiger partial charge in [-0.25, -0.2) is 0 Å². The Labute approximate surface area is 110 Å². The summed E-state index contributed by atoms with van der Waals surface area (Å²) in [4.78, 5) is 0. The Balaban J connectivity index is 1.70. The molecule has 1 heterocycles. The third kappa shape index (κ3) is 2.39. The maximum Gasteiger partial charge on any atom is 0.122 e. The van der Waals surface area contributed by atoms with Gasteiger partial charge in [0, 0.05) is 17.5 Å². The second-order valence-electron chi connectivity index (χ2n) is 5.84. The molecule has 0 bridgehead atoms. The van der Waals surface area contributed by atoms with E-state index in [1.165, 1.54) is 44.1 Å². The molecule has 1 aromatic rings. The Morgan fingerprint density at radius 3 is 2.89 bits per heavy atom. The SMILES string of the molecule is NC1CCCCCC1CC1COc2ccccc21. The van der Waals surface area contributed by atoms with Crippen LogP contribution in [0.5, 0.6) is 5.75 Å². The Morgan fingerprint density at radius 2 is 1.94 bits per heavy atom. The molecule has 0 saturated heterocycles. The van der Waals surface area contributed by atoms with Crippen molar-refractivity contribution in [3.63, 3.8) is 0 Å². The summed E-state index contributed by atoms with van der Waals surface area (Å²) in [5.41, 5.74) is 7.73. The van der Waals surface area contributed by atoms with E-state index in [2.05, 4.69) is 24.3 Å². The first-order valence-corrected chi connectivity index (χ1v) is 7.32. The highest BCUT2D eigenvalue weighted by Crippen LogP contribution is 2.39. The lowest BCUT2D eigenvalue weighted by atomic mass is 9.84. The monoisotopic (exact) mass is 245 g/mol. The summed E-state index contributed by atoms with van der Waals surface area (Å²) < 4.78 is 5.78. The van der Waals surface area contributed by atoms with E-state index in [9.17, 15) is 0 Å². The second-order valence-corrected chi connectivity index (χ2v) is 5.84. The molecule has 2 nitrogen and oxygen atoms in total. The molecule has 1 aromatic carbocycles. The van der Waals surface area contributed by atoms with Crippen molar-refractivity contribution in [3.8, 4) is 5.75 Å². The highest BCUT2D eigenvalue weighted by Gasteiger charge is 2.29. The predicted molar refractivity (Wildman–Crippen MR) is 73.8 cm³/mol. The van der Waals surface area contributed by atoms with Crippen molar-refractivity contribution in [3.05, 3.63) is 29.8 Å². The molecule has 0 aromatic heterocycles. The number of nitrogens with two attached hydrogens (primary N) is 1. The lowest BCUT2D eigenvalue weighted by Crippen LogP contribution is -2.30. The number of para-hydroxylation sites is 1. The molecule has 3 atom stereocenters. The van der Waals surface area contributed by atoms with Gasteiger partial charge in [-0.15, -0.1) is 0 Å². The maximum atomic E-state index is 6.34. The predicted octanol–water partition coefficient (Wildman–Crippen LogP) is 3.46. The van der Waals surface area contributed by atoms with Crippen molar-refractivity contribution in [1.29, 1.82) is 0 Å². The zero-order chi connectivity index (χ0) is 12.4. The van der Waals surface area contributed by atoms with Gasteiger partial charge < -0.3 is 10.5 Å². The van der Waals surface area contributed by atoms with E-state index in [0.29, 0.717) is 17.9 Å². The number of ether oxygens (including phenoxy) is 1. The summed E-state index contributed by atoms with van der Waals surface area (Å²) >= 11 is 0. The summed E-state index contributed by atoms with van der Waals surface area (Å²) in [6.07, 6.45) is 7.75. The van der Waals surface area contributed by atoms with Crippen molar-refractivity contribution in [2.45, 2.75) is 50.5 Å². The van der Waals surface area contributed by atoms with Crippen LogP contribution in [0.2, 0.25) is 0 Å². The Morgan fingerprint density at radius 1 is 1.11 bits per heavy atom. The van der Waals surface area contributed by atoms with Gasteiger partial charge in [0.05, 0.1) is 6.61 Å². The molecule has 0 radical (unpaired) electrons. The van der Waals surface area contributed by atoms with Gasteiger partial charge in [-0.05, 0) is 31.2 Å². The van der Waals surface area contributed by atoms with Gasteiger partial charge in [0.15, 0.2) is 0 Å². The lowest BCUT2D eigenvalue weighted by molar-refractivity contribution is 0.284. The standard InChI is InChI=1S/C16H23NO/c17-15-8-3-1-2-6-12(15)10-13-11-18-16-9-5-4-7-14(13)16/h4-5,7,9,12-13,15H,1-3,6,8,10-11,17H2. The molecule has 98 valence electrons. The van der Waals surface area contributed by atoms with Crippen molar-refractivity contribution >= 4 is 0 Å². The Bertz CT molecular complexity index is 404. The third-order valence-corrected chi connectivity index (χ3v) is 4.60. The average molecular weight is 245 g/mol. The van der Waals surface area contributed by atoms with Gasteiger partial charge in [0.25, 0.3) is 0 Å². The van der Waals surface area contributed by atoms with Gasteiger partial charge >= 0.3 is 0 Å². The molecule has 1 saturated carbocycles. The summed E-state index contributed by atoms with van der Waals surface area (Å²) in [6.45, 7) is 0.850. The van der Waals surface area contributed by atoms with Gasteiger partial charge in [-0.3, -0.25) is 0 Å². The Hall–Kier alpha value is -1.02. The molecule has 1 fully saturated rings. The van der Waals surface area contributed by atoms with Gasteiger partial charge in [0.2, 0.25) is 0 Å². The van der Waals surface area contributed by atoms with E-state index in [1.54, 1.807) is 0 Å². The molecule has 3 unspecified atom stereocenters. The molecule has 3 rings (SSSR count). The fraction of sp³-hybridized carbons (Fsp3) is 0.625. The van der Waals surface area contributed by atoms with E-state index in [4.69, 9.17) is 10.5 Å². The lowest BCUT2D eigenvalue weighted by Gasteiger charge is -2.24. The van der Waals surface area contributed by atoms with E-state index in [-0.39, 0.29) is 0 Å². The minimum Gasteiger partial charge on any atom is -0.493 e. The van der Waals surface area contributed by atoms with E-state index in [0.717, 1.165) is 12.4 Å². The van der Waals surface area contributed by atoms with Crippen LogP contribution in [0.1, 0.15) is 50.0 Å². The molecular formula is C16H23NO. The molecule has 2 heteroatoms. The van der Waals surface area contributed by atoms with Crippen LogP contribution in [0.3, 0.4) is 0 Å².